The number of aromatic nitrogens is 1. The first-order chi connectivity index (χ1) is 12.9. The molecule has 0 radical (unpaired) electrons. The van der Waals surface area contributed by atoms with E-state index < -0.39 is 15.8 Å². The van der Waals surface area contributed by atoms with Crippen LogP contribution in [0, 0.1) is 0 Å². The zero-order chi connectivity index (χ0) is 19.4. The average Bonchev–Trinajstić information content (AvgIpc) is 3.01. The largest absolute Gasteiger partial charge is 0.497 e. The summed E-state index contributed by atoms with van der Waals surface area (Å²) in [7, 11) is -1.36. The monoisotopic (exact) mass is 385 g/mol. The molecule has 1 N–H and O–H groups in total. The molecule has 1 atom stereocenters. The number of nitrogens with zero attached hydrogens (tertiary/aromatic N) is 2. The summed E-state index contributed by atoms with van der Waals surface area (Å²) in [4.78, 5) is 15.9. The molecule has 2 heterocycles. The smallest absolute Gasteiger partial charge is 0.270 e. The van der Waals surface area contributed by atoms with Crippen molar-refractivity contribution in [2.45, 2.75) is 6.92 Å². The Morgan fingerprint density at radius 1 is 1.33 bits per heavy atom. The SMILES string of the molecule is C=C/C(=C\C=C(/C)Oc1ccnc2cc(OC)ccc12)S1(=O)=NC(=O)CN1. The zero-order valence-electron chi connectivity index (χ0n) is 15.0. The molecular weight excluding hydrogens is 366 g/mol. The van der Waals surface area contributed by atoms with Gasteiger partial charge in [-0.3, -0.25) is 9.78 Å². The maximum atomic E-state index is 12.6. The first-order valence-electron chi connectivity index (χ1n) is 8.11. The molecule has 140 valence electrons. The summed E-state index contributed by atoms with van der Waals surface area (Å²) < 4.78 is 30.0. The molecule has 3 rings (SSSR count). The molecule has 2 aromatic rings. The van der Waals surface area contributed by atoms with Gasteiger partial charge in [0.1, 0.15) is 27.2 Å². The molecule has 0 saturated heterocycles. The standard InChI is InChI=1S/C19H19N3O4S/c1-4-15(27(24)21-12-19(23)22-27)7-5-13(2)26-18-9-10-20-17-11-14(25-3)6-8-16(17)18/h4-11H,1,12H2,2-3H3,(H,21,22,23,24)/b13-5+,15-7+. The number of ether oxygens (including phenoxy) is 2. The number of nitrogens with one attached hydrogen (secondary N) is 1. The molecule has 1 aliphatic rings. The normalized spacial score (nSPS) is 20.4. The number of carbonyl (C=O) groups excluding carboxylic acids is 1. The van der Waals surface area contributed by atoms with E-state index in [1.165, 1.54) is 6.08 Å². The quantitative estimate of drug-likeness (QED) is 0.610. The molecule has 0 spiro atoms. The molecule has 1 aliphatic heterocycles. The molecule has 27 heavy (non-hydrogen) atoms. The second kappa shape index (κ2) is 7.73. The molecule has 1 unspecified atom stereocenters. The summed E-state index contributed by atoms with van der Waals surface area (Å²) in [5, 5.41) is 0.836. The van der Waals surface area contributed by atoms with Crippen LogP contribution in [0.25, 0.3) is 10.9 Å². The summed E-state index contributed by atoms with van der Waals surface area (Å²) in [6.07, 6.45) is 6.29. The van der Waals surface area contributed by atoms with E-state index in [4.69, 9.17) is 9.47 Å². The summed E-state index contributed by atoms with van der Waals surface area (Å²) in [6, 6.07) is 7.29. The van der Waals surface area contributed by atoms with Crippen molar-refractivity contribution in [1.29, 1.82) is 0 Å². The number of benzene rings is 1. The predicted octanol–water partition coefficient (Wildman–Crippen LogP) is 3.11. The van der Waals surface area contributed by atoms with E-state index in [9.17, 15) is 9.00 Å². The predicted molar refractivity (Wildman–Crippen MR) is 105 cm³/mol. The van der Waals surface area contributed by atoms with Gasteiger partial charge >= 0.3 is 0 Å². The van der Waals surface area contributed by atoms with Gasteiger partial charge in [-0.05, 0) is 37.3 Å². The summed E-state index contributed by atoms with van der Waals surface area (Å²) in [6.45, 7) is 5.37. The third-order valence-electron chi connectivity index (χ3n) is 3.83. The van der Waals surface area contributed by atoms with Gasteiger partial charge < -0.3 is 9.47 Å². The highest BCUT2D eigenvalue weighted by Gasteiger charge is 2.22. The molecule has 0 aliphatic carbocycles. The fraction of sp³-hybridized carbons (Fsp3) is 0.158. The van der Waals surface area contributed by atoms with E-state index in [0.29, 0.717) is 22.2 Å². The Morgan fingerprint density at radius 2 is 2.15 bits per heavy atom. The number of hydrogen-bond acceptors (Lipinski definition) is 5. The van der Waals surface area contributed by atoms with Crippen molar-refractivity contribution in [3.8, 4) is 11.5 Å². The Balaban J connectivity index is 1.89. The number of carbonyl (C=O) groups is 1. The number of allylic oxidation sites excluding steroid dienone is 4. The van der Waals surface area contributed by atoms with Crippen LogP contribution >= 0.6 is 0 Å². The van der Waals surface area contributed by atoms with Gasteiger partial charge in [-0.1, -0.05) is 12.7 Å². The third kappa shape index (κ3) is 4.07. The minimum atomic E-state index is -2.96. The number of fused-ring (bicyclic) bond motifs is 1. The first-order valence-corrected chi connectivity index (χ1v) is 9.63. The Morgan fingerprint density at radius 3 is 2.81 bits per heavy atom. The van der Waals surface area contributed by atoms with Crippen molar-refractivity contribution in [1.82, 2.24) is 9.71 Å². The van der Waals surface area contributed by atoms with Crippen LogP contribution in [-0.4, -0.2) is 28.8 Å². The average molecular weight is 385 g/mol. The van der Waals surface area contributed by atoms with Gasteiger partial charge in [0.25, 0.3) is 5.91 Å². The van der Waals surface area contributed by atoms with Crippen LogP contribution in [0.5, 0.6) is 11.5 Å². The van der Waals surface area contributed by atoms with Crippen LogP contribution in [0.1, 0.15) is 6.92 Å². The number of amides is 1. The van der Waals surface area contributed by atoms with E-state index in [2.05, 4.69) is 20.6 Å². The Kier molecular flexibility index (Phi) is 5.38. The van der Waals surface area contributed by atoms with Crippen LogP contribution in [0.4, 0.5) is 0 Å². The van der Waals surface area contributed by atoms with Crippen molar-refractivity contribution < 1.29 is 18.5 Å². The van der Waals surface area contributed by atoms with Crippen LogP contribution in [0.15, 0.2) is 70.3 Å². The second-order valence-corrected chi connectivity index (χ2v) is 7.67. The molecule has 1 aromatic carbocycles. The fourth-order valence-corrected chi connectivity index (χ4v) is 3.99. The van der Waals surface area contributed by atoms with Crippen molar-refractivity contribution in [2.75, 3.05) is 13.7 Å². The van der Waals surface area contributed by atoms with Gasteiger partial charge in [-0.25, -0.2) is 8.93 Å². The number of pyridine rings is 1. The number of rotatable bonds is 6. The van der Waals surface area contributed by atoms with Crippen molar-refractivity contribution in [3.05, 3.63) is 65.9 Å². The zero-order valence-corrected chi connectivity index (χ0v) is 15.8. The molecule has 0 bridgehead atoms. The lowest BCUT2D eigenvalue weighted by atomic mass is 10.2. The lowest BCUT2D eigenvalue weighted by molar-refractivity contribution is -0.116. The maximum absolute atomic E-state index is 12.6. The summed E-state index contributed by atoms with van der Waals surface area (Å²) >= 11 is 0. The van der Waals surface area contributed by atoms with E-state index in [0.717, 1.165) is 10.9 Å². The minimum absolute atomic E-state index is 0.0460. The highest BCUT2D eigenvalue weighted by molar-refractivity contribution is 7.96. The van der Waals surface area contributed by atoms with Crippen LogP contribution in [0.2, 0.25) is 0 Å². The fourth-order valence-electron chi connectivity index (χ4n) is 2.50. The van der Waals surface area contributed by atoms with Crippen LogP contribution in [-0.2, 0) is 14.7 Å². The van der Waals surface area contributed by atoms with Gasteiger partial charge in [0.15, 0.2) is 0 Å². The Bertz CT molecular complexity index is 1100. The lowest BCUT2D eigenvalue weighted by Gasteiger charge is -2.10. The van der Waals surface area contributed by atoms with Gasteiger partial charge in [0.2, 0.25) is 0 Å². The van der Waals surface area contributed by atoms with E-state index in [-0.39, 0.29) is 6.54 Å². The molecule has 1 amide bonds. The minimum Gasteiger partial charge on any atom is -0.497 e. The van der Waals surface area contributed by atoms with Gasteiger partial charge in [-0.2, -0.15) is 0 Å². The molecular formula is C19H19N3O4S. The maximum Gasteiger partial charge on any atom is 0.270 e. The number of hydrogen-bond donors (Lipinski definition) is 1. The third-order valence-corrected chi connectivity index (χ3v) is 5.77. The molecule has 1 aromatic heterocycles. The van der Waals surface area contributed by atoms with E-state index in [1.807, 2.05) is 18.2 Å². The van der Waals surface area contributed by atoms with Crippen LogP contribution < -0.4 is 14.2 Å². The van der Waals surface area contributed by atoms with Crippen molar-refractivity contribution >= 4 is 26.7 Å². The number of methoxy groups -OCH3 is 1. The van der Waals surface area contributed by atoms with E-state index in [1.54, 1.807) is 38.4 Å². The van der Waals surface area contributed by atoms with Crippen molar-refractivity contribution in [3.63, 3.8) is 0 Å². The summed E-state index contributed by atoms with van der Waals surface area (Å²) in [5.41, 5.74) is 0.748. The highest BCUT2D eigenvalue weighted by atomic mass is 32.2. The molecule has 7 nitrogen and oxygen atoms in total. The molecule has 0 fully saturated rings. The van der Waals surface area contributed by atoms with Gasteiger partial charge in [-0.15, -0.1) is 4.36 Å². The van der Waals surface area contributed by atoms with Gasteiger partial charge in [0, 0.05) is 17.6 Å². The van der Waals surface area contributed by atoms with Gasteiger partial charge in [0.05, 0.1) is 24.1 Å². The lowest BCUT2D eigenvalue weighted by Crippen LogP contribution is -2.20. The van der Waals surface area contributed by atoms with E-state index >= 15 is 0 Å². The first kappa shape index (κ1) is 18.8. The second-order valence-electron chi connectivity index (χ2n) is 5.68. The highest BCUT2D eigenvalue weighted by Crippen LogP contribution is 2.28. The summed E-state index contributed by atoms with van der Waals surface area (Å²) in [5.74, 6) is 1.46. The Hall–Kier alpha value is -2.97. The molecule has 0 saturated carbocycles. The van der Waals surface area contributed by atoms with Crippen molar-refractivity contribution in [2.24, 2.45) is 4.36 Å². The molecule has 8 heteroatoms. The Labute approximate surface area is 157 Å². The topological polar surface area (TPSA) is 89.9 Å². The van der Waals surface area contributed by atoms with Crippen LogP contribution in [0.3, 0.4) is 0 Å².